The molecule has 0 spiro atoms. The number of methoxy groups -OCH3 is 2. The number of hydrogen-bond donors (Lipinski definition) is 3. The first-order chi connectivity index (χ1) is 12.5. The number of nitrogens with two attached hydrogens (primary N) is 1. The molecular weight excluding hydrogens is 368 g/mol. The van der Waals surface area contributed by atoms with E-state index in [4.69, 9.17) is 15.2 Å². The molecule has 27 heavy (non-hydrogen) atoms. The molecule has 0 aromatic heterocycles. The summed E-state index contributed by atoms with van der Waals surface area (Å²) in [5.74, 6) is 2.16. The van der Waals surface area contributed by atoms with Crippen molar-refractivity contribution in [2.75, 3.05) is 20.8 Å². The van der Waals surface area contributed by atoms with Gasteiger partial charge in [-0.25, -0.2) is 0 Å². The van der Waals surface area contributed by atoms with Crippen molar-refractivity contribution in [3.05, 3.63) is 23.8 Å². The molecule has 7 heteroatoms. The first-order valence-electron chi connectivity index (χ1n) is 9.46. The zero-order valence-electron chi connectivity index (χ0n) is 16.0. The van der Waals surface area contributed by atoms with Gasteiger partial charge in [0.2, 0.25) is 5.91 Å². The van der Waals surface area contributed by atoms with Gasteiger partial charge in [-0.1, -0.05) is 6.42 Å². The third-order valence-corrected chi connectivity index (χ3v) is 6.05. The van der Waals surface area contributed by atoms with Gasteiger partial charge in [-0.15, -0.1) is 12.4 Å². The Bertz CT molecular complexity index is 628. The molecule has 152 valence electrons. The van der Waals surface area contributed by atoms with Gasteiger partial charge in [0.25, 0.3) is 0 Å². The lowest BCUT2D eigenvalue weighted by molar-refractivity contribution is -0.128. The largest absolute Gasteiger partial charge is 0.497 e. The van der Waals surface area contributed by atoms with Crippen LogP contribution in [0.2, 0.25) is 0 Å². The van der Waals surface area contributed by atoms with E-state index in [-0.39, 0.29) is 36.8 Å². The van der Waals surface area contributed by atoms with Crippen LogP contribution >= 0.6 is 12.4 Å². The van der Waals surface area contributed by atoms with Gasteiger partial charge < -0.3 is 25.6 Å². The number of rotatable bonds is 6. The number of halogens is 1. The minimum absolute atomic E-state index is 0. The number of fused-ring (bicyclic) bond motifs is 2. The molecule has 0 saturated heterocycles. The zero-order chi connectivity index (χ0) is 18.7. The molecule has 0 heterocycles. The van der Waals surface area contributed by atoms with Gasteiger partial charge in [-0.2, -0.15) is 0 Å². The monoisotopic (exact) mass is 398 g/mol. The Morgan fingerprint density at radius 1 is 1.26 bits per heavy atom. The topological polar surface area (TPSA) is 93.8 Å². The summed E-state index contributed by atoms with van der Waals surface area (Å²) >= 11 is 0. The van der Waals surface area contributed by atoms with Crippen molar-refractivity contribution in [2.45, 2.75) is 44.2 Å². The van der Waals surface area contributed by atoms with Crippen molar-refractivity contribution in [1.82, 2.24) is 5.32 Å². The summed E-state index contributed by atoms with van der Waals surface area (Å²) in [6.45, 7) is 0.153. The molecule has 0 radical (unpaired) electrons. The molecular formula is C20H31ClN2O4. The molecule has 3 rings (SSSR count). The highest BCUT2D eigenvalue weighted by atomic mass is 35.5. The maximum atomic E-state index is 12.6. The average molecular weight is 399 g/mol. The fourth-order valence-corrected chi connectivity index (χ4v) is 4.55. The van der Waals surface area contributed by atoms with Crippen molar-refractivity contribution < 1.29 is 19.4 Å². The van der Waals surface area contributed by atoms with Crippen molar-refractivity contribution in [2.24, 2.45) is 23.5 Å². The summed E-state index contributed by atoms with van der Waals surface area (Å²) in [5.41, 5.74) is 6.91. The molecule has 3 unspecified atom stereocenters. The number of aliphatic hydroxyl groups is 1. The third-order valence-electron chi connectivity index (χ3n) is 6.05. The molecule has 6 nitrogen and oxygen atoms in total. The lowest BCUT2D eigenvalue weighted by Crippen LogP contribution is -2.49. The molecule has 2 aliphatic rings. The molecule has 2 fully saturated rings. The highest BCUT2D eigenvalue weighted by Gasteiger charge is 2.40. The van der Waals surface area contributed by atoms with E-state index >= 15 is 0 Å². The Hall–Kier alpha value is -1.50. The van der Waals surface area contributed by atoms with Gasteiger partial charge in [-0.3, -0.25) is 4.79 Å². The van der Waals surface area contributed by atoms with Crippen molar-refractivity contribution in [3.63, 3.8) is 0 Å². The molecule has 2 aliphatic carbocycles. The van der Waals surface area contributed by atoms with E-state index in [1.54, 1.807) is 32.4 Å². The molecule has 2 bridgehead atoms. The fourth-order valence-electron chi connectivity index (χ4n) is 4.55. The second kappa shape index (κ2) is 9.62. The Morgan fingerprint density at radius 3 is 2.52 bits per heavy atom. The minimum atomic E-state index is -0.852. The molecule has 1 amide bonds. The van der Waals surface area contributed by atoms with E-state index in [0.29, 0.717) is 28.9 Å². The smallest absolute Gasteiger partial charge is 0.223 e. The van der Waals surface area contributed by atoms with Gasteiger partial charge >= 0.3 is 0 Å². The summed E-state index contributed by atoms with van der Waals surface area (Å²) in [5, 5.41) is 13.5. The first kappa shape index (κ1) is 21.8. The number of carbonyl (C=O) groups is 1. The number of aliphatic hydroxyl groups excluding tert-OH is 1. The highest BCUT2D eigenvalue weighted by molar-refractivity contribution is 5.85. The standard InChI is InChI=1S/C20H30N2O4.ClH/c1-25-15-6-7-18(26-2)16(10-15)17(23)11-22-20(24)14-8-12-4-3-5-13(9-14)19(12)21;/h6-7,10,12-14,17,19,23H,3-5,8-9,11,21H2,1-2H3,(H,22,24);1H. The molecule has 2 saturated carbocycles. The quantitative estimate of drug-likeness (QED) is 0.684. The number of carbonyl (C=O) groups excluding carboxylic acids is 1. The summed E-state index contributed by atoms with van der Waals surface area (Å²) in [4.78, 5) is 12.6. The first-order valence-corrected chi connectivity index (χ1v) is 9.46. The van der Waals surface area contributed by atoms with E-state index < -0.39 is 6.10 Å². The lowest BCUT2D eigenvalue weighted by atomic mass is 9.65. The van der Waals surface area contributed by atoms with Gasteiger partial charge in [0.1, 0.15) is 11.5 Å². The van der Waals surface area contributed by atoms with Crippen LogP contribution in [0.1, 0.15) is 43.8 Å². The second-order valence-corrected chi connectivity index (χ2v) is 7.57. The predicted molar refractivity (Wildman–Crippen MR) is 106 cm³/mol. The maximum Gasteiger partial charge on any atom is 0.223 e. The number of ether oxygens (including phenoxy) is 2. The summed E-state index contributed by atoms with van der Waals surface area (Å²) < 4.78 is 10.5. The minimum Gasteiger partial charge on any atom is -0.497 e. The molecule has 1 aromatic carbocycles. The van der Waals surface area contributed by atoms with Gasteiger partial charge in [0.05, 0.1) is 20.3 Å². The second-order valence-electron chi connectivity index (χ2n) is 7.57. The Labute approximate surface area is 167 Å². The normalized spacial score (nSPS) is 27.9. The number of benzene rings is 1. The third kappa shape index (κ3) is 4.86. The van der Waals surface area contributed by atoms with Crippen LogP contribution in [0.4, 0.5) is 0 Å². The van der Waals surface area contributed by atoms with Crippen LogP contribution < -0.4 is 20.5 Å². The van der Waals surface area contributed by atoms with Crippen molar-refractivity contribution in [1.29, 1.82) is 0 Å². The average Bonchev–Trinajstić information content (AvgIpc) is 2.65. The number of amides is 1. The van der Waals surface area contributed by atoms with E-state index in [9.17, 15) is 9.90 Å². The van der Waals surface area contributed by atoms with Crippen molar-refractivity contribution in [3.8, 4) is 11.5 Å². The van der Waals surface area contributed by atoms with E-state index in [0.717, 1.165) is 25.7 Å². The van der Waals surface area contributed by atoms with Crippen LogP contribution in [-0.4, -0.2) is 37.8 Å². The Kier molecular flexibility index (Phi) is 7.77. The van der Waals surface area contributed by atoms with Crippen LogP contribution in [0, 0.1) is 17.8 Å². The summed E-state index contributed by atoms with van der Waals surface area (Å²) in [7, 11) is 3.13. The van der Waals surface area contributed by atoms with E-state index in [2.05, 4.69) is 5.32 Å². The Morgan fingerprint density at radius 2 is 1.93 bits per heavy atom. The molecule has 0 aliphatic heterocycles. The van der Waals surface area contributed by atoms with Crippen LogP contribution in [0.3, 0.4) is 0 Å². The predicted octanol–water partition coefficient (Wildman–Crippen LogP) is 2.43. The van der Waals surface area contributed by atoms with Gasteiger partial charge in [0.15, 0.2) is 0 Å². The zero-order valence-corrected chi connectivity index (χ0v) is 16.8. The highest BCUT2D eigenvalue weighted by Crippen LogP contribution is 2.42. The molecule has 1 aromatic rings. The Balaban J connectivity index is 0.00000261. The van der Waals surface area contributed by atoms with Crippen LogP contribution in [0.15, 0.2) is 18.2 Å². The summed E-state index contributed by atoms with van der Waals surface area (Å²) in [6, 6.07) is 5.51. The summed E-state index contributed by atoms with van der Waals surface area (Å²) in [6.07, 6.45) is 4.36. The van der Waals surface area contributed by atoms with Crippen LogP contribution in [0.25, 0.3) is 0 Å². The lowest BCUT2D eigenvalue weighted by Gasteiger charge is -2.43. The molecule has 3 atom stereocenters. The number of nitrogens with one attached hydrogen (secondary N) is 1. The van der Waals surface area contributed by atoms with E-state index in [1.165, 1.54) is 6.42 Å². The van der Waals surface area contributed by atoms with Gasteiger partial charge in [-0.05, 0) is 55.7 Å². The van der Waals surface area contributed by atoms with Crippen LogP contribution in [-0.2, 0) is 4.79 Å². The van der Waals surface area contributed by atoms with Crippen molar-refractivity contribution >= 4 is 18.3 Å². The maximum absolute atomic E-state index is 12.6. The van der Waals surface area contributed by atoms with Gasteiger partial charge in [0, 0.05) is 24.1 Å². The SMILES string of the molecule is COc1ccc(OC)c(C(O)CNC(=O)C2CC3CCCC(C2)C3N)c1.Cl. The van der Waals surface area contributed by atoms with Crippen LogP contribution in [0.5, 0.6) is 11.5 Å². The fraction of sp³-hybridized carbons (Fsp3) is 0.650. The molecule has 4 N–H and O–H groups in total. The number of hydrogen-bond acceptors (Lipinski definition) is 5. The van der Waals surface area contributed by atoms with E-state index in [1.807, 2.05) is 0 Å².